The normalized spacial score (nSPS) is 12.5. The van der Waals surface area contributed by atoms with Crippen molar-refractivity contribution in [2.24, 2.45) is 0 Å². The molecule has 0 spiro atoms. The molecule has 39 heavy (non-hydrogen) atoms. The number of benzene rings is 6. The molecule has 0 saturated carbocycles. The molecule has 0 unspecified atom stereocenters. The van der Waals surface area contributed by atoms with Gasteiger partial charge < -0.3 is 9.47 Å². The summed E-state index contributed by atoms with van der Waals surface area (Å²) in [5, 5.41) is 2.52. The SMILES string of the molecule is c1ccc(-c2ccc(-n3c4ccccc4c4cc5c(cc43)Sc3ccccc3N5c3ccccc3)cc2)cc1. The van der Waals surface area contributed by atoms with Crippen LogP contribution in [0.2, 0.25) is 0 Å². The molecule has 2 heterocycles. The minimum Gasteiger partial charge on any atom is -0.309 e. The van der Waals surface area contributed by atoms with Crippen molar-refractivity contribution in [1.29, 1.82) is 0 Å². The summed E-state index contributed by atoms with van der Waals surface area (Å²) >= 11 is 1.85. The van der Waals surface area contributed by atoms with Gasteiger partial charge in [0.25, 0.3) is 0 Å². The highest BCUT2D eigenvalue weighted by Crippen LogP contribution is 2.53. The molecule has 1 aromatic heterocycles. The van der Waals surface area contributed by atoms with E-state index in [1.54, 1.807) is 0 Å². The molecule has 0 aliphatic carbocycles. The molecule has 0 fully saturated rings. The van der Waals surface area contributed by atoms with Gasteiger partial charge in [0.1, 0.15) is 0 Å². The molecule has 184 valence electrons. The fourth-order valence-electron chi connectivity index (χ4n) is 5.78. The van der Waals surface area contributed by atoms with E-state index in [0.29, 0.717) is 0 Å². The Morgan fingerprint density at radius 2 is 1.08 bits per heavy atom. The predicted molar refractivity (Wildman–Crippen MR) is 165 cm³/mol. The molecule has 3 heteroatoms. The lowest BCUT2D eigenvalue weighted by atomic mass is 10.1. The number of para-hydroxylation sites is 3. The number of fused-ring (bicyclic) bond motifs is 5. The number of hydrogen-bond donors (Lipinski definition) is 0. The lowest BCUT2D eigenvalue weighted by molar-refractivity contribution is 1.15. The Labute approximate surface area is 231 Å². The highest BCUT2D eigenvalue weighted by Gasteiger charge is 2.26. The highest BCUT2D eigenvalue weighted by molar-refractivity contribution is 7.99. The van der Waals surface area contributed by atoms with Crippen LogP contribution in [0.3, 0.4) is 0 Å². The maximum Gasteiger partial charge on any atom is 0.0609 e. The number of nitrogens with zero attached hydrogens (tertiary/aromatic N) is 2. The van der Waals surface area contributed by atoms with E-state index < -0.39 is 0 Å². The molecule has 6 aromatic carbocycles. The van der Waals surface area contributed by atoms with Crippen molar-refractivity contribution >= 4 is 50.6 Å². The average Bonchev–Trinajstić information content (AvgIpc) is 3.33. The van der Waals surface area contributed by atoms with Gasteiger partial charge in [0.05, 0.1) is 22.4 Å². The first-order valence-corrected chi connectivity index (χ1v) is 14.0. The van der Waals surface area contributed by atoms with Crippen molar-refractivity contribution < 1.29 is 0 Å². The second-order valence-corrected chi connectivity index (χ2v) is 10.9. The van der Waals surface area contributed by atoms with E-state index in [0.717, 1.165) is 0 Å². The average molecular weight is 517 g/mol. The molecule has 0 saturated heterocycles. The standard InChI is InChI=1S/C36H24N2S/c1-3-11-25(12-4-1)26-19-21-28(22-20-26)37-31-16-8-7-15-29(31)30-23-34-36(24-33(30)37)39-35-18-10-9-17-32(35)38(34)27-13-5-2-6-14-27/h1-24H. The topological polar surface area (TPSA) is 8.17 Å². The van der Waals surface area contributed by atoms with E-state index in [1.165, 1.54) is 65.5 Å². The van der Waals surface area contributed by atoms with E-state index >= 15 is 0 Å². The lowest BCUT2D eigenvalue weighted by Gasteiger charge is -2.33. The second-order valence-electron chi connectivity index (χ2n) is 9.84. The van der Waals surface area contributed by atoms with Crippen LogP contribution in [-0.2, 0) is 0 Å². The van der Waals surface area contributed by atoms with Gasteiger partial charge in [0.15, 0.2) is 0 Å². The van der Waals surface area contributed by atoms with Crippen molar-refractivity contribution in [2.75, 3.05) is 4.90 Å². The van der Waals surface area contributed by atoms with Crippen molar-refractivity contribution in [3.8, 4) is 16.8 Å². The molecular weight excluding hydrogens is 492 g/mol. The number of hydrogen-bond acceptors (Lipinski definition) is 2. The third kappa shape index (κ3) is 3.58. The first-order chi connectivity index (χ1) is 19.3. The van der Waals surface area contributed by atoms with Gasteiger partial charge in [-0.1, -0.05) is 103 Å². The van der Waals surface area contributed by atoms with Gasteiger partial charge in [0, 0.05) is 31.9 Å². The minimum atomic E-state index is 1.17. The predicted octanol–water partition coefficient (Wildman–Crippen LogP) is 10.4. The Bertz CT molecular complexity index is 1970. The number of rotatable bonds is 3. The Hall–Kier alpha value is -4.73. The van der Waals surface area contributed by atoms with Gasteiger partial charge in [-0.3, -0.25) is 0 Å². The third-order valence-corrected chi connectivity index (χ3v) is 8.68. The Morgan fingerprint density at radius 3 is 1.90 bits per heavy atom. The Morgan fingerprint density at radius 1 is 0.410 bits per heavy atom. The third-order valence-electron chi connectivity index (χ3n) is 7.57. The van der Waals surface area contributed by atoms with Gasteiger partial charge in [-0.15, -0.1) is 0 Å². The number of aromatic nitrogens is 1. The molecule has 0 bridgehead atoms. The smallest absolute Gasteiger partial charge is 0.0609 e. The van der Waals surface area contributed by atoms with Gasteiger partial charge in [-0.25, -0.2) is 0 Å². The Balaban J connectivity index is 1.36. The molecule has 7 aromatic rings. The maximum atomic E-state index is 2.41. The molecule has 2 nitrogen and oxygen atoms in total. The quantitative estimate of drug-likeness (QED) is 0.231. The largest absolute Gasteiger partial charge is 0.309 e. The molecule has 0 radical (unpaired) electrons. The van der Waals surface area contributed by atoms with Crippen LogP contribution in [0, 0.1) is 0 Å². The van der Waals surface area contributed by atoms with Gasteiger partial charge >= 0.3 is 0 Å². The van der Waals surface area contributed by atoms with Crippen molar-refractivity contribution in [1.82, 2.24) is 4.57 Å². The minimum absolute atomic E-state index is 1.17. The highest BCUT2D eigenvalue weighted by atomic mass is 32.2. The molecular formula is C36H24N2S. The summed E-state index contributed by atoms with van der Waals surface area (Å²) in [7, 11) is 0. The summed E-state index contributed by atoms with van der Waals surface area (Å²) in [5.41, 5.74) is 9.69. The van der Waals surface area contributed by atoms with E-state index in [1.807, 2.05) is 11.8 Å². The summed E-state index contributed by atoms with van der Waals surface area (Å²) in [6, 6.07) is 52.4. The van der Waals surface area contributed by atoms with Crippen LogP contribution in [0.1, 0.15) is 0 Å². The van der Waals surface area contributed by atoms with E-state index in [9.17, 15) is 0 Å². The van der Waals surface area contributed by atoms with Gasteiger partial charge in [-0.2, -0.15) is 0 Å². The molecule has 1 aliphatic rings. The Kier molecular flexibility index (Phi) is 5.10. The van der Waals surface area contributed by atoms with Crippen LogP contribution in [0.5, 0.6) is 0 Å². The summed E-state index contributed by atoms with van der Waals surface area (Å²) in [6.07, 6.45) is 0. The molecule has 1 aliphatic heterocycles. The summed E-state index contributed by atoms with van der Waals surface area (Å²) in [5.74, 6) is 0. The lowest BCUT2D eigenvalue weighted by Crippen LogP contribution is -2.14. The van der Waals surface area contributed by atoms with Gasteiger partial charge in [-0.05, 0) is 65.7 Å². The van der Waals surface area contributed by atoms with E-state index in [-0.39, 0.29) is 0 Å². The van der Waals surface area contributed by atoms with Crippen LogP contribution in [0.4, 0.5) is 17.1 Å². The second kappa shape index (κ2) is 8.93. The fraction of sp³-hybridized carbons (Fsp3) is 0. The molecule has 8 rings (SSSR count). The zero-order valence-corrected chi connectivity index (χ0v) is 22.0. The van der Waals surface area contributed by atoms with E-state index in [2.05, 4.69) is 155 Å². The van der Waals surface area contributed by atoms with Crippen LogP contribution >= 0.6 is 11.8 Å². The van der Waals surface area contributed by atoms with Crippen LogP contribution in [0.15, 0.2) is 155 Å². The van der Waals surface area contributed by atoms with Crippen LogP contribution in [-0.4, -0.2) is 4.57 Å². The van der Waals surface area contributed by atoms with Crippen molar-refractivity contribution in [3.63, 3.8) is 0 Å². The molecule has 0 N–H and O–H groups in total. The zero-order valence-electron chi connectivity index (χ0n) is 21.2. The summed E-state index contributed by atoms with van der Waals surface area (Å²) in [6.45, 7) is 0. The number of anilines is 3. The van der Waals surface area contributed by atoms with Gasteiger partial charge in [0.2, 0.25) is 0 Å². The van der Waals surface area contributed by atoms with Crippen molar-refractivity contribution in [3.05, 3.63) is 146 Å². The maximum absolute atomic E-state index is 2.41. The molecule has 0 atom stereocenters. The first-order valence-electron chi connectivity index (χ1n) is 13.2. The van der Waals surface area contributed by atoms with E-state index in [4.69, 9.17) is 0 Å². The van der Waals surface area contributed by atoms with Crippen LogP contribution < -0.4 is 4.90 Å². The first kappa shape index (κ1) is 22.3. The zero-order chi connectivity index (χ0) is 25.8. The summed E-state index contributed by atoms with van der Waals surface area (Å²) in [4.78, 5) is 4.93. The molecule has 0 amide bonds. The fourth-order valence-corrected chi connectivity index (χ4v) is 6.86. The summed E-state index contributed by atoms with van der Waals surface area (Å²) < 4.78 is 2.41. The van der Waals surface area contributed by atoms with Crippen molar-refractivity contribution in [2.45, 2.75) is 9.79 Å². The van der Waals surface area contributed by atoms with Crippen LogP contribution in [0.25, 0.3) is 38.6 Å². The monoisotopic (exact) mass is 516 g/mol.